The molecule has 3 fully saturated rings. The Hall–Kier alpha value is -3.27. The molecule has 0 aromatic heterocycles. The van der Waals surface area contributed by atoms with Crippen molar-refractivity contribution in [1.29, 1.82) is 0 Å². The lowest BCUT2D eigenvalue weighted by molar-refractivity contribution is -0.149. The van der Waals surface area contributed by atoms with Crippen LogP contribution in [0, 0.1) is 11.8 Å². The van der Waals surface area contributed by atoms with E-state index in [9.17, 15) is 19.5 Å². The van der Waals surface area contributed by atoms with Gasteiger partial charge >= 0.3 is 0 Å². The quantitative estimate of drug-likeness (QED) is 0.269. The molecule has 0 aliphatic carbocycles. The van der Waals surface area contributed by atoms with Gasteiger partial charge in [0.15, 0.2) is 0 Å². The Labute approximate surface area is 255 Å². The van der Waals surface area contributed by atoms with Gasteiger partial charge in [-0.2, -0.15) is 0 Å². The number of hydrogen-bond donors (Lipinski definition) is 1. The van der Waals surface area contributed by atoms with Crippen molar-refractivity contribution in [3.63, 3.8) is 0 Å². The van der Waals surface area contributed by atoms with Crippen LogP contribution in [0.3, 0.4) is 0 Å². The van der Waals surface area contributed by atoms with Gasteiger partial charge in [-0.05, 0) is 24.0 Å². The number of carbonyl (C=O) groups excluding carboxylic acids is 3. The van der Waals surface area contributed by atoms with Crippen molar-refractivity contribution in [2.75, 3.05) is 26.2 Å². The minimum atomic E-state index is -1.16. The minimum Gasteiger partial charge on any atom is -0.396 e. The molecule has 8 nitrogen and oxygen atoms in total. The van der Waals surface area contributed by atoms with Crippen LogP contribution in [0.5, 0.6) is 0 Å². The zero-order valence-corrected chi connectivity index (χ0v) is 25.3. The van der Waals surface area contributed by atoms with E-state index in [1.165, 1.54) is 0 Å². The average molecular weight is 637 g/mol. The number of likely N-dealkylation sites (tertiary alicyclic amines) is 1. The molecule has 42 heavy (non-hydrogen) atoms. The molecule has 3 heterocycles. The maximum absolute atomic E-state index is 14.5. The van der Waals surface area contributed by atoms with Crippen molar-refractivity contribution >= 4 is 33.7 Å². The Kier molecular flexibility index (Phi) is 9.30. The second-order valence-electron chi connectivity index (χ2n) is 11.3. The Balaban J connectivity index is 1.51. The summed E-state index contributed by atoms with van der Waals surface area (Å²) in [6.45, 7) is 9.11. The number of nitrogens with zero attached hydrogens (tertiary/aromatic N) is 3. The third kappa shape index (κ3) is 5.45. The van der Waals surface area contributed by atoms with E-state index in [2.05, 4.69) is 29.1 Å². The first-order valence-corrected chi connectivity index (χ1v) is 15.4. The lowest BCUT2D eigenvalue weighted by atomic mass is 9.70. The molecule has 5 rings (SSSR count). The number of aliphatic hydroxyl groups excluding tert-OH is 1. The Morgan fingerprint density at radius 2 is 1.52 bits per heavy atom. The molecule has 3 amide bonds. The highest BCUT2D eigenvalue weighted by Gasteiger charge is 2.76. The number of ether oxygens (including phenoxy) is 1. The summed E-state index contributed by atoms with van der Waals surface area (Å²) in [7, 11) is 0. The third-order valence-corrected chi connectivity index (χ3v) is 9.46. The summed E-state index contributed by atoms with van der Waals surface area (Å²) in [4.78, 5) is 47.8. The minimum absolute atomic E-state index is 0.125. The molecule has 2 bridgehead atoms. The van der Waals surface area contributed by atoms with Crippen LogP contribution >= 0.6 is 15.9 Å². The fraction of sp³-hybridized carbons (Fsp3) is 0.424. The number of halogens is 1. The highest BCUT2D eigenvalue weighted by atomic mass is 79.9. The van der Waals surface area contributed by atoms with Gasteiger partial charge in [-0.3, -0.25) is 14.4 Å². The van der Waals surface area contributed by atoms with Crippen LogP contribution < -0.4 is 0 Å². The third-order valence-electron chi connectivity index (χ3n) is 8.62. The van der Waals surface area contributed by atoms with Gasteiger partial charge in [-0.25, -0.2) is 0 Å². The molecule has 3 saturated heterocycles. The predicted molar refractivity (Wildman–Crippen MR) is 163 cm³/mol. The number of hydrogen-bond acceptors (Lipinski definition) is 5. The fourth-order valence-electron chi connectivity index (χ4n) is 6.94. The summed E-state index contributed by atoms with van der Waals surface area (Å²) >= 11 is 3.75. The van der Waals surface area contributed by atoms with Crippen LogP contribution in [0.15, 0.2) is 86.0 Å². The Bertz CT molecular complexity index is 1310. The van der Waals surface area contributed by atoms with Crippen LogP contribution in [0.25, 0.3) is 0 Å². The van der Waals surface area contributed by atoms with E-state index in [0.717, 1.165) is 11.1 Å². The van der Waals surface area contributed by atoms with E-state index in [4.69, 9.17) is 4.74 Å². The molecular weight excluding hydrogens is 598 g/mol. The van der Waals surface area contributed by atoms with E-state index >= 15 is 0 Å². The summed E-state index contributed by atoms with van der Waals surface area (Å²) in [5.41, 5.74) is 0.765. The first-order valence-electron chi connectivity index (χ1n) is 14.5. The number of fused-ring (bicyclic) bond motifs is 1. The molecule has 1 spiro atoms. The van der Waals surface area contributed by atoms with Gasteiger partial charge in [0.25, 0.3) is 0 Å². The van der Waals surface area contributed by atoms with Crippen LogP contribution in [-0.4, -0.2) is 86.3 Å². The van der Waals surface area contributed by atoms with Gasteiger partial charge in [0.1, 0.15) is 11.6 Å². The van der Waals surface area contributed by atoms with Crippen LogP contribution in [0.2, 0.25) is 0 Å². The summed E-state index contributed by atoms with van der Waals surface area (Å²) in [5, 5.41) is 9.66. The van der Waals surface area contributed by atoms with Gasteiger partial charge in [-0.15, -0.1) is 13.2 Å². The summed E-state index contributed by atoms with van der Waals surface area (Å²) in [6, 6.07) is 18.5. The highest BCUT2D eigenvalue weighted by molar-refractivity contribution is 9.09. The Morgan fingerprint density at radius 3 is 2.05 bits per heavy atom. The fourth-order valence-corrected chi connectivity index (χ4v) is 7.88. The van der Waals surface area contributed by atoms with Crippen molar-refractivity contribution in [3.8, 4) is 0 Å². The topological polar surface area (TPSA) is 90.4 Å². The lowest BCUT2D eigenvalue weighted by Gasteiger charge is -2.37. The zero-order valence-electron chi connectivity index (χ0n) is 23.7. The number of carbonyl (C=O) groups is 3. The maximum atomic E-state index is 14.5. The van der Waals surface area contributed by atoms with Crippen LogP contribution in [0.1, 0.15) is 24.0 Å². The molecule has 2 aromatic rings. The van der Waals surface area contributed by atoms with E-state index in [1.807, 2.05) is 60.7 Å². The van der Waals surface area contributed by atoms with E-state index in [-0.39, 0.29) is 35.7 Å². The molecule has 1 N–H and O–H groups in total. The smallest absolute Gasteiger partial charge is 0.248 e. The van der Waals surface area contributed by atoms with E-state index in [1.54, 1.807) is 26.9 Å². The van der Waals surface area contributed by atoms with Crippen LogP contribution in [-0.2, 0) is 32.2 Å². The molecule has 3 unspecified atom stereocenters. The average Bonchev–Trinajstić information content (AvgIpc) is 3.59. The largest absolute Gasteiger partial charge is 0.396 e. The highest BCUT2D eigenvalue weighted by Crippen LogP contribution is 2.60. The number of alkyl halides is 1. The SMILES string of the molecule is C=CCN(Cc1ccccc1)C(=O)C1N(CCCO)C(=O)[C@@H]2[C@@H](C(=O)N(CC=C)Cc3ccccc3)[C@@H]3OC12CC3Br. The lowest BCUT2D eigenvalue weighted by Crippen LogP contribution is -2.57. The standard InChI is InChI=1S/C33H38BrN3O5/c1-3-16-35(21-23-12-7-5-8-13-23)30(39)26-27-31(40)37(18-11-19-38)29(33(27)20-25(34)28(26)42-33)32(41)36(17-4-2)22-24-14-9-6-10-15-24/h3-10,12-15,25-29,38H,1-2,11,16-22H2/t25?,26-,27+,28-,29?,33?/m1/s1. The summed E-state index contributed by atoms with van der Waals surface area (Å²) in [6.07, 6.45) is 3.55. The first-order chi connectivity index (χ1) is 20.4. The molecule has 2 aromatic carbocycles. The van der Waals surface area contributed by atoms with Crippen molar-refractivity contribution in [2.24, 2.45) is 11.8 Å². The monoisotopic (exact) mass is 635 g/mol. The predicted octanol–water partition coefficient (Wildman–Crippen LogP) is 3.55. The molecule has 3 aliphatic heterocycles. The van der Waals surface area contributed by atoms with Gasteiger partial charge < -0.3 is 24.5 Å². The van der Waals surface area contributed by atoms with Crippen molar-refractivity contribution in [1.82, 2.24) is 14.7 Å². The van der Waals surface area contributed by atoms with Gasteiger partial charge in [0, 0.05) is 44.2 Å². The number of amides is 3. The molecular formula is C33H38BrN3O5. The van der Waals surface area contributed by atoms with Crippen molar-refractivity contribution in [3.05, 3.63) is 97.1 Å². The van der Waals surface area contributed by atoms with Crippen molar-refractivity contribution < 1.29 is 24.2 Å². The molecule has 222 valence electrons. The van der Waals surface area contributed by atoms with Gasteiger partial charge in [-0.1, -0.05) is 88.7 Å². The zero-order chi connectivity index (χ0) is 29.9. The number of benzene rings is 2. The van der Waals surface area contributed by atoms with Crippen molar-refractivity contribution in [2.45, 2.75) is 48.5 Å². The number of aliphatic hydroxyl groups is 1. The summed E-state index contributed by atoms with van der Waals surface area (Å²) in [5.74, 6) is -2.25. The molecule has 3 aliphatic rings. The summed E-state index contributed by atoms with van der Waals surface area (Å²) < 4.78 is 6.68. The Morgan fingerprint density at radius 1 is 0.976 bits per heavy atom. The van der Waals surface area contributed by atoms with E-state index in [0.29, 0.717) is 39.0 Å². The van der Waals surface area contributed by atoms with Crippen LogP contribution in [0.4, 0.5) is 0 Å². The second-order valence-corrected chi connectivity index (χ2v) is 12.4. The first kappa shape index (κ1) is 30.2. The molecule has 0 saturated carbocycles. The van der Waals surface area contributed by atoms with E-state index < -0.39 is 29.6 Å². The molecule has 0 radical (unpaired) electrons. The normalized spacial score (nSPS) is 27.5. The van der Waals surface area contributed by atoms with Gasteiger partial charge in [0.2, 0.25) is 17.7 Å². The maximum Gasteiger partial charge on any atom is 0.248 e. The van der Waals surface area contributed by atoms with Gasteiger partial charge in [0.05, 0.1) is 17.9 Å². The number of rotatable bonds is 13. The second kappa shape index (κ2) is 12.9. The molecule has 6 atom stereocenters. The molecule has 9 heteroatoms.